The molecule has 1 aromatic heterocycles. The number of aryl methyl sites for hydroxylation is 2. The third kappa shape index (κ3) is 4.20. The van der Waals surface area contributed by atoms with Crippen molar-refractivity contribution in [1.29, 1.82) is 0 Å². The van der Waals surface area contributed by atoms with E-state index in [1.54, 1.807) is 35.9 Å². The number of hydrogen-bond acceptors (Lipinski definition) is 3. The minimum atomic E-state index is -1.01. The fourth-order valence-electron chi connectivity index (χ4n) is 3.02. The molecule has 1 heterocycles. The third-order valence-electron chi connectivity index (χ3n) is 4.37. The van der Waals surface area contributed by atoms with Crippen molar-refractivity contribution in [1.82, 2.24) is 15.1 Å². The van der Waals surface area contributed by atoms with E-state index in [4.69, 9.17) is 11.6 Å². The van der Waals surface area contributed by atoms with Gasteiger partial charge < -0.3 is 10.4 Å². The van der Waals surface area contributed by atoms with E-state index < -0.39 is 17.9 Å². The van der Waals surface area contributed by atoms with Gasteiger partial charge in [-0.05, 0) is 32.4 Å². The van der Waals surface area contributed by atoms with Gasteiger partial charge in [0.25, 0.3) is 0 Å². The summed E-state index contributed by atoms with van der Waals surface area (Å²) in [6, 6.07) is 6.23. The molecule has 0 bridgehead atoms. The second kappa shape index (κ2) is 7.70. The molecule has 7 heteroatoms. The number of aliphatic carboxylic acids is 1. The first kappa shape index (κ1) is 19.0. The van der Waals surface area contributed by atoms with Crippen LogP contribution in [-0.4, -0.2) is 26.8 Å². The number of carbonyl (C=O) groups excluding carboxylic acids is 1. The number of carbonyl (C=O) groups is 2. The fourth-order valence-corrected chi connectivity index (χ4v) is 3.28. The van der Waals surface area contributed by atoms with Crippen LogP contribution in [0.2, 0.25) is 5.02 Å². The lowest BCUT2D eigenvalue weighted by Crippen LogP contribution is -2.33. The quantitative estimate of drug-likeness (QED) is 0.825. The predicted molar refractivity (Wildman–Crippen MR) is 95.7 cm³/mol. The zero-order chi connectivity index (χ0) is 18.7. The van der Waals surface area contributed by atoms with E-state index in [-0.39, 0.29) is 12.3 Å². The maximum atomic E-state index is 12.7. The summed E-state index contributed by atoms with van der Waals surface area (Å²) in [6.07, 6.45) is -0.243. The van der Waals surface area contributed by atoms with E-state index in [0.29, 0.717) is 10.6 Å². The molecule has 2 N–H and O–H groups in total. The Bertz CT molecular complexity index is 801. The van der Waals surface area contributed by atoms with Crippen LogP contribution in [0, 0.1) is 13.8 Å². The van der Waals surface area contributed by atoms with Crippen molar-refractivity contribution in [2.45, 2.75) is 39.2 Å². The number of carboxylic acids is 1. The third-order valence-corrected chi connectivity index (χ3v) is 4.71. The molecule has 1 amide bonds. The highest BCUT2D eigenvalue weighted by Gasteiger charge is 2.26. The summed E-state index contributed by atoms with van der Waals surface area (Å²) in [5, 5.41) is 16.8. The van der Waals surface area contributed by atoms with Gasteiger partial charge in [0.2, 0.25) is 5.91 Å². The van der Waals surface area contributed by atoms with Crippen molar-refractivity contribution in [2.24, 2.45) is 7.05 Å². The molecule has 0 aliphatic rings. The first-order valence-corrected chi connectivity index (χ1v) is 8.36. The van der Waals surface area contributed by atoms with Gasteiger partial charge >= 0.3 is 5.97 Å². The van der Waals surface area contributed by atoms with Gasteiger partial charge in [0.05, 0.1) is 24.1 Å². The molecule has 1 aromatic carbocycles. The van der Waals surface area contributed by atoms with E-state index in [0.717, 1.165) is 17.0 Å². The lowest BCUT2D eigenvalue weighted by atomic mass is 9.96. The highest BCUT2D eigenvalue weighted by Crippen LogP contribution is 2.28. The minimum absolute atomic E-state index is 0.243. The Morgan fingerprint density at radius 1 is 1.32 bits per heavy atom. The zero-order valence-corrected chi connectivity index (χ0v) is 15.5. The molecule has 0 unspecified atom stereocenters. The monoisotopic (exact) mass is 363 g/mol. The number of carboxylic acid groups (broad SMARTS) is 1. The first-order chi connectivity index (χ1) is 11.7. The van der Waals surface area contributed by atoms with E-state index in [1.807, 2.05) is 20.9 Å². The summed E-state index contributed by atoms with van der Waals surface area (Å²) in [6.45, 7) is 5.55. The zero-order valence-electron chi connectivity index (χ0n) is 14.7. The number of amides is 1. The summed E-state index contributed by atoms with van der Waals surface area (Å²) >= 11 is 6.18. The molecule has 25 heavy (non-hydrogen) atoms. The smallest absolute Gasteiger partial charge is 0.305 e. The van der Waals surface area contributed by atoms with Crippen LogP contribution in [0.1, 0.15) is 47.8 Å². The van der Waals surface area contributed by atoms with Crippen LogP contribution in [0.3, 0.4) is 0 Å². The molecular formula is C18H22ClN3O3. The number of benzene rings is 1. The number of aromatic nitrogens is 2. The summed E-state index contributed by atoms with van der Waals surface area (Å²) in [5.41, 5.74) is 3.14. The maximum Gasteiger partial charge on any atom is 0.305 e. The molecule has 2 aromatic rings. The Morgan fingerprint density at radius 2 is 1.96 bits per heavy atom. The normalized spacial score (nSPS) is 13.3. The Hall–Kier alpha value is -2.34. The van der Waals surface area contributed by atoms with Gasteiger partial charge in [-0.25, -0.2) is 0 Å². The van der Waals surface area contributed by atoms with E-state index in [1.165, 1.54) is 0 Å². The topological polar surface area (TPSA) is 84.2 Å². The van der Waals surface area contributed by atoms with Crippen LogP contribution in [-0.2, 0) is 16.6 Å². The Morgan fingerprint density at radius 3 is 2.48 bits per heavy atom. The van der Waals surface area contributed by atoms with Crippen molar-refractivity contribution in [3.63, 3.8) is 0 Å². The van der Waals surface area contributed by atoms with Crippen LogP contribution in [0.15, 0.2) is 24.3 Å². The average Bonchev–Trinajstić information content (AvgIpc) is 2.78. The summed E-state index contributed by atoms with van der Waals surface area (Å²) in [4.78, 5) is 24.0. The summed E-state index contributed by atoms with van der Waals surface area (Å²) in [7, 11) is 1.83. The van der Waals surface area contributed by atoms with Gasteiger partial charge in [-0.3, -0.25) is 14.3 Å². The van der Waals surface area contributed by atoms with E-state index in [2.05, 4.69) is 10.4 Å². The second-order valence-electron chi connectivity index (χ2n) is 6.11. The minimum Gasteiger partial charge on any atom is -0.481 e. The molecule has 0 saturated heterocycles. The largest absolute Gasteiger partial charge is 0.481 e. The molecule has 0 aliphatic carbocycles. The molecule has 0 spiro atoms. The summed E-state index contributed by atoms with van der Waals surface area (Å²) in [5.74, 6) is -1.72. The molecule has 2 atom stereocenters. The van der Waals surface area contributed by atoms with Gasteiger partial charge in [-0.2, -0.15) is 5.10 Å². The molecule has 2 rings (SSSR count). The molecular weight excluding hydrogens is 342 g/mol. The standard InChI is InChI=1S/C18H22ClN3O3/c1-10(17-11(2)21-22(4)12(17)3)18(25)20-15(9-16(23)24)13-7-5-6-8-14(13)19/h5-8,10,15H,9H2,1-4H3,(H,20,25)(H,23,24)/t10-,15+/m0/s1. The molecule has 134 valence electrons. The van der Waals surface area contributed by atoms with Crippen LogP contribution in [0.5, 0.6) is 0 Å². The van der Waals surface area contributed by atoms with Crippen LogP contribution in [0.4, 0.5) is 0 Å². The number of halogens is 1. The summed E-state index contributed by atoms with van der Waals surface area (Å²) < 4.78 is 1.73. The second-order valence-corrected chi connectivity index (χ2v) is 6.52. The molecule has 0 aliphatic heterocycles. The molecule has 0 radical (unpaired) electrons. The number of rotatable bonds is 6. The highest BCUT2D eigenvalue weighted by molar-refractivity contribution is 6.31. The van der Waals surface area contributed by atoms with E-state index >= 15 is 0 Å². The van der Waals surface area contributed by atoms with Gasteiger partial charge in [0.1, 0.15) is 0 Å². The van der Waals surface area contributed by atoms with Gasteiger partial charge in [-0.15, -0.1) is 0 Å². The lowest BCUT2D eigenvalue weighted by molar-refractivity contribution is -0.137. The lowest BCUT2D eigenvalue weighted by Gasteiger charge is -2.21. The van der Waals surface area contributed by atoms with E-state index in [9.17, 15) is 14.7 Å². The fraction of sp³-hybridized carbons (Fsp3) is 0.389. The van der Waals surface area contributed by atoms with Crippen LogP contribution in [0.25, 0.3) is 0 Å². The van der Waals surface area contributed by atoms with Crippen molar-refractivity contribution in [2.75, 3.05) is 0 Å². The Kier molecular flexibility index (Phi) is 5.85. The Labute approximate surface area is 151 Å². The van der Waals surface area contributed by atoms with Crippen LogP contribution >= 0.6 is 11.6 Å². The first-order valence-electron chi connectivity index (χ1n) is 7.99. The molecule has 0 fully saturated rings. The average molecular weight is 364 g/mol. The van der Waals surface area contributed by atoms with Crippen molar-refractivity contribution < 1.29 is 14.7 Å². The van der Waals surface area contributed by atoms with Crippen molar-refractivity contribution >= 4 is 23.5 Å². The van der Waals surface area contributed by atoms with Crippen molar-refractivity contribution in [3.05, 3.63) is 51.8 Å². The SMILES string of the molecule is Cc1nn(C)c(C)c1[C@H](C)C(=O)N[C@H](CC(=O)O)c1ccccc1Cl. The molecule has 6 nitrogen and oxygen atoms in total. The number of nitrogens with zero attached hydrogens (tertiary/aromatic N) is 2. The van der Waals surface area contributed by atoms with Gasteiger partial charge in [-0.1, -0.05) is 29.8 Å². The van der Waals surface area contributed by atoms with Gasteiger partial charge in [0, 0.05) is 23.3 Å². The highest BCUT2D eigenvalue weighted by atomic mass is 35.5. The van der Waals surface area contributed by atoms with Crippen LogP contribution < -0.4 is 5.32 Å². The number of nitrogens with one attached hydrogen (secondary N) is 1. The molecule has 0 saturated carbocycles. The number of hydrogen-bond donors (Lipinski definition) is 2. The predicted octanol–water partition coefficient (Wildman–Crippen LogP) is 3.13. The maximum absolute atomic E-state index is 12.7. The van der Waals surface area contributed by atoms with Gasteiger partial charge in [0.15, 0.2) is 0 Å². The Balaban J connectivity index is 2.27. The van der Waals surface area contributed by atoms with Crippen molar-refractivity contribution in [3.8, 4) is 0 Å².